The highest BCUT2D eigenvalue weighted by Gasteiger charge is 2.25. The van der Waals surface area contributed by atoms with Gasteiger partial charge in [-0.25, -0.2) is 4.98 Å². The second kappa shape index (κ2) is 5.93. The topological polar surface area (TPSA) is 62.8 Å². The number of H-pyrrole nitrogens is 1. The minimum Gasteiger partial charge on any atom is -0.376 e. The molecule has 1 saturated heterocycles. The van der Waals surface area contributed by atoms with Crippen molar-refractivity contribution in [3.8, 4) is 11.3 Å². The van der Waals surface area contributed by atoms with Crippen LogP contribution in [0.15, 0.2) is 24.5 Å². The Balaban J connectivity index is 1.66. The maximum atomic E-state index is 5.72. The van der Waals surface area contributed by atoms with E-state index >= 15 is 0 Å². The van der Waals surface area contributed by atoms with Crippen LogP contribution >= 0.6 is 0 Å². The molecule has 1 atom stereocenters. The summed E-state index contributed by atoms with van der Waals surface area (Å²) < 4.78 is 5.72. The molecule has 128 valence electrons. The third kappa shape index (κ3) is 2.55. The minimum absolute atomic E-state index is 0.419. The second-order valence-corrected chi connectivity index (χ2v) is 7.07. The van der Waals surface area contributed by atoms with Gasteiger partial charge in [-0.3, -0.25) is 4.98 Å². The van der Waals surface area contributed by atoms with Gasteiger partial charge in [0.05, 0.1) is 18.9 Å². The molecule has 5 rings (SSSR count). The van der Waals surface area contributed by atoms with Crippen LogP contribution < -0.4 is 5.32 Å². The third-order valence-corrected chi connectivity index (χ3v) is 5.44. The molecule has 2 aliphatic heterocycles. The number of pyridine rings is 2. The molecule has 2 N–H and O–H groups in total. The molecule has 3 aromatic heterocycles. The first-order valence-electron chi connectivity index (χ1n) is 9.07. The van der Waals surface area contributed by atoms with E-state index in [1.807, 2.05) is 12.4 Å². The predicted octanol–water partition coefficient (Wildman–Crippen LogP) is 3.43. The van der Waals surface area contributed by atoms with E-state index < -0.39 is 0 Å². The molecule has 0 aliphatic carbocycles. The van der Waals surface area contributed by atoms with Gasteiger partial charge in [-0.2, -0.15) is 0 Å². The summed E-state index contributed by atoms with van der Waals surface area (Å²) in [6.45, 7) is 4.64. The molecule has 0 spiro atoms. The van der Waals surface area contributed by atoms with Gasteiger partial charge in [0.2, 0.25) is 0 Å². The molecule has 0 radical (unpaired) electrons. The summed E-state index contributed by atoms with van der Waals surface area (Å²) in [6, 6.07) is 4.87. The lowest BCUT2D eigenvalue weighted by atomic mass is 9.94. The van der Waals surface area contributed by atoms with Gasteiger partial charge in [0, 0.05) is 47.1 Å². The minimum atomic E-state index is 0.419. The van der Waals surface area contributed by atoms with Crippen LogP contribution in [0.5, 0.6) is 0 Å². The lowest BCUT2D eigenvalue weighted by molar-refractivity contribution is 0.108. The van der Waals surface area contributed by atoms with Crippen molar-refractivity contribution < 1.29 is 4.74 Å². The number of rotatable bonds is 2. The average Bonchev–Trinajstić information content (AvgIpc) is 3.31. The van der Waals surface area contributed by atoms with Gasteiger partial charge >= 0.3 is 0 Å². The van der Waals surface area contributed by atoms with Crippen LogP contribution in [0.2, 0.25) is 0 Å². The summed E-state index contributed by atoms with van der Waals surface area (Å²) in [6.07, 6.45) is 7.24. The predicted molar refractivity (Wildman–Crippen MR) is 97.4 cm³/mol. The fraction of sp³-hybridized carbons (Fsp3) is 0.400. The molecule has 5 heterocycles. The fourth-order valence-electron chi connectivity index (χ4n) is 4.05. The highest BCUT2D eigenvalue weighted by atomic mass is 16.5. The Bertz CT molecular complexity index is 940. The fourth-order valence-corrected chi connectivity index (χ4v) is 4.05. The number of ether oxygens (including phenoxy) is 1. The summed E-state index contributed by atoms with van der Waals surface area (Å²) in [4.78, 5) is 12.8. The SMILES string of the molecule is Cc1c[nH]c2ncc(-c3cc([C@@H]4CCCN4)c4c(n3)CCOC4)cc12. The molecule has 0 saturated carbocycles. The van der Waals surface area contributed by atoms with Crippen molar-refractivity contribution in [2.45, 2.75) is 38.8 Å². The van der Waals surface area contributed by atoms with Crippen molar-refractivity contribution in [1.82, 2.24) is 20.3 Å². The molecule has 2 aliphatic rings. The van der Waals surface area contributed by atoms with E-state index in [2.05, 4.69) is 34.3 Å². The van der Waals surface area contributed by atoms with Crippen LogP contribution in [0.4, 0.5) is 0 Å². The van der Waals surface area contributed by atoms with Crippen LogP contribution in [0, 0.1) is 6.92 Å². The normalized spacial score (nSPS) is 20.1. The van der Waals surface area contributed by atoms with Crippen molar-refractivity contribution >= 4 is 11.0 Å². The van der Waals surface area contributed by atoms with Gasteiger partial charge < -0.3 is 15.0 Å². The molecule has 0 bridgehead atoms. The standard InChI is InChI=1S/C20H22N4O/c1-12-9-22-20-14(12)7-13(10-23-20)19-8-15(17-3-2-5-21-17)16-11-25-6-4-18(16)24-19/h7-10,17,21H,2-6,11H2,1H3,(H,22,23)/t17-/m0/s1. The number of nitrogens with one attached hydrogen (secondary N) is 2. The Morgan fingerprint density at radius 3 is 3.12 bits per heavy atom. The van der Waals surface area contributed by atoms with Crippen LogP contribution in [-0.4, -0.2) is 28.1 Å². The maximum Gasteiger partial charge on any atom is 0.137 e. The van der Waals surface area contributed by atoms with Gasteiger partial charge in [0.1, 0.15) is 5.65 Å². The monoisotopic (exact) mass is 334 g/mol. The zero-order valence-electron chi connectivity index (χ0n) is 14.4. The Labute approximate surface area is 146 Å². The van der Waals surface area contributed by atoms with Gasteiger partial charge in [0.25, 0.3) is 0 Å². The first kappa shape index (κ1) is 15.0. The van der Waals surface area contributed by atoms with Crippen LogP contribution in [0.25, 0.3) is 22.3 Å². The number of aryl methyl sites for hydroxylation is 1. The summed E-state index contributed by atoms with van der Waals surface area (Å²) in [5, 5.41) is 4.80. The molecule has 5 heteroatoms. The summed E-state index contributed by atoms with van der Waals surface area (Å²) in [5.41, 5.74) is 8.12. The van der Waals surface area contributed by atoms with E-state index in [-0.39, 0.29) is 0 Å². The van der Waals surface area contributed by atoms with Gasteiger partial charge in [0.15, 0.2) is 0 Å². The zero-order chi connectivity index (χ0) is 16.8. The van der Waals surface area contributed by atoms with Crippen molar-refractivity contribution in [2.75, 3.05) is 13.2 Å². The Hall–Kier alpha value is -2.24. The Morgan fingerprint density at radius 2 is 2.24 bits per heavy atom. The number of hydrogen-bond acceptors (Lipinski definition) is 4. The molecule has 0 amide bonds. The van der Waals surface area contributed by atoms with E-state index in [9.17, 15) is 0 Å². The molecule has 3 aromatic rings. The Morgan fingerprint density at radius 1 is 1.28 bits per heavy atom. The summed E-state index contributed by atoms with van der Waals surface area (Å²) in [5.74, 6) is 0. The maximum absolute atomic E-state index is 5.72. The lowest BCUT2D eigenvalue weighted by Gasteiger charge is -2.23. The van der Waals surface area contributed by atoms with E-state index in [0.717, 1.165) is 36.5 Å². The molecular formula is C20H22N4O. The number of nitrogens with zero attached hydrogens (tertiary/aromatic N) is 2. The number of fused-ring (bicyclic) bond motifs is 2. The quantitative estimate of drug-likeness (QED) is 0.754. The molecule has 0 unspecified atom stereocenters. The van der Waals surface area contributed by atoms with Crippen LogP contribution in [-0.2, 0) is 17.8 Å². The Kier molecular flexibility index (Phi) is 3.57. The first-order valence-corrected chi connectivity index (χ1v) is 9.07. The second-order valence-electron chi connectivity index (χ2n) is 7.07. The molecular weight excluding hydrogens is 312 g/mol. The van der Waals surface area contributed by atoms with Crippen LogP contribution in [0.1, 0.15) is 41.3 Å². The van der Waals surface area contributed by atoms with E-state index in [4.69, 9.17) is 9.72 Å². The zero-order valence-corrected chi connectivity index (χ0v) is 14.4. The molecule has 5 nitrogen and oxygen atoms in total. The summed E-state index contributed by atoms with van der Waals surface area (Å²) >= 11 is 0. The van der Waals surface area contributed by atoms with Crippen molar-refractivity contribution in [3.05, 3.63) is 46.9 Å². The third-order valence-electron chi connectivity index (χ3n) is 5.44. The number of aromatic amines is 1. The van der Waals surface area contributed by atoms with Crippen LogP contribution in [0.3, 0.4) is 0 Å². The summed E-state index contributed by atoms with van der Waals surface area (Å²) in [7, 11) is 0. The highest BCUT2D eigenvalue weighted by Crippen LogP contribution is 2.33. The largest absolute Gasteiger partial charge is 0.376 e. The van der Waals surface area contributed by atoms with Gasteiger partial charge in [-0.15, -0.1) is 0 Å². The number of aromatic nitrogens is 3. The van der Waals surface area contributed by atoms with E-state index in [0.29, 0.717) is 12.6 Å². The molecule has 25 heavy (non-hydrogen) atoms. The lowest BCUT2D eigenvalue weighted by Crippen LogP contribution is -2.20. The van der Waals surface area contributed by atoms with Gasteiger partial charge in [-0.1, -0.05) is 0 Å². The molecule has 0 aromatic carbocycles. The molecule has 1 fully saturated rings. The first-order chi connectivity index (χ1) is 12.3. The average molecular weight is 334 g/mol. The van der Waals surface area contributed by atoms with Crippen molar-refractivity contribution in [1.29, 1.82) is 0 Å². The number of hydrogen-bond donors (Lipinski definition) is 2. The smallest absolute Gasteiger partial charge is 0.137 e. The van der Waals surface area contributed by atoms with Crippen molar-refractivity contribution in [2.24, 2.45) is 0 Å². The van der Waals surface area contributed by atoms with E-state index in [1.165, 1.54) is 40.6 Å². The highest BCUT2D eigenvalue weighted by molar-refractivity contribution is 5.83. The van der Waals surface area contributed by atoms with Gasteiger partial charge in [-0.05, 0) is 49.6 Å². The van der Waals surface area contributed by atoms with E-state index in [1.54, 1.807) is 0 Å². The van der Waals surface area contributed by atoms with Crippen molar-refractivity contribution in [3.63, 3.8) is 0 Å².